The third-order valence-electron chi connectivity index (χ3n) is 1.74. The highest BCUT2D eigenvalue weighted by Gasteiger charge is 2.01. The lowest BCUT2D eigenvalue weighted by Crippen LogP contribution is -2.10. The number of carbonyl (C=O) groups excluding carboxylic acids is 1. The van der Waals surface area contributed by atoms with Crippen LogP contribution in [0, 0.1) is 0 Å². The van der Waals surface area contributed by atoms with Gasteiger partial charge in [0.05, 0.1) is 0 Å². The second-order valence-electron chi connectivity index (χ2n) is 3.03. The molecule has 0 aliphatic heterocycles. The summed E-state index contributed by atoms with van der Waals surface area (Å²) in [5, 5.41) is 0. The van der Waals surface area contributed by atoms with Gasteiger partial charge in [0.1, 0.15) is 12.4 Å². The first-order chi connectivity index (χ1) is 6.72. The summed E-state index contributed by atoms with van der Waals surface area (Å²) in [5.74, 6) is 0.882. The standard InChI is InChI=1S/C11H13BrO2/c1-2-3-10(13)8-14-11-6-4-9(12)5-7-11/h4-7H,2-3,8H2,1H3. The molecule has 0 bridgehead atoms. The van der Waals surface area contributed by atoms with E-state index in [1.165, 1.54) is 0 Å². The fourth-order valence-electron chi connectivity index (χ4n) is 1.05. The number of Topliss-reactive ketones (excluding diaryl/α,β-unsaturated/α-hetero) is 1. The molecule has 0 aliphatic carbocycles. The summed E-state index contributed by atoms with van der Waals surface area (Å²) in [6.45, 7) is 2.16. The first-order valence-electron chi connectivity index (χ1n) is 4.62. The molecular weight excluding hydrogens is 244 g/mol. The fourth-order valence-corrected chi connectivity index (χ4v) is 1.31. The topological polar surface area (TPSA) is 26.3 Å². The van der Waals surface area contributed by atoms with Gasteiger partial charge < -0.3 is 4.74 Å². The maximum atomic E-state index is 11.1. The molecule has 0 aliphatic rings. The lowest BCUT2D eigenvalue weighted by molar-refractivity contribution is -0.121. The van der Waals surface area contributed by atoms with Crippen molar-refractivity contribution in [3.63, 3.8) is 0 Å². The molecule has 1 rings (SSSR count). The molecule has 0 saturated heterocycles. The molecule has 14 heavy (non-hydrogen) atoms. The number of hydrogen-bond donors (Lipinski definition) is 0. The molecule has 3 heteroatoms. The van der Waals surface area contributed by atoms with Gasteiger partial charge in [-0.15, -0.1) is 0 Å². The zero-order chi connectivity index (χ0) is 10.4. The van der Waals surface area contributed by atoms with Crippen molar-refractivity contribution in [1.29, 1.82) is 0 Å². The molecule has 0 aromatic heterocycles. The Balaban J connectivity index is 2.38. The van der Waals surface area contributed by atoms with Crippen molar-refractivity contribution in [2.75, 3.05) is 6.61 Å². The van der Waals surface area contributed by atoms with Crippen LogP contribution in [0.5, 0.6) is 5.75 Å². The lowest BCUT2D eigenvalue weighted by atomic mass is 10.2. The van der Waals surface area contributed by atoms with E-state index in [9.17, 15) is 4.79 Å². The van der Waals surface area contributed by atoms with Crippen LogP contribution in [0.4, 0.5) is 0 Å². The molecule has 0 atom stereocenters. The Bertz CT molecular complexity index is 293. The molecule has 0 fully saturated rings. The van der Waals surface area contributed by atoms with Gasteiger partial charge in [0.2, 0.25) is 0 Å². The molecule has 1 aromatic rings. The first-order valence-corrected chi connectivity index (χ1v) is 5.41. The van der Waals surface area contributed by atoms with E-state index in [4.69, 9.17) is 4.74 Å². The van der Waals surface area contributed by atoms with Crippen molar-refractivity contribution < 1.29 is 9.53 Å². The number of ether oxygens (including phenoxy) is 1. The number of hydrogen-bond acceptors (Lipinski definition) is 2. The van der Waals surface area contributed by atoms with Crippen molar-refractivity contribution >= 4 is 21.7 Å². The quantitative estimate of drug-likeness (QED) is 0.809. The highest BCUT2D eigenvalue weighted by Crippen LogP contribution is 2.15. The van der Waals surface area contributed by atoms with E-state index in [0.29, 0.717) is 6.42 Å². The maximum Gasteiger partial charge on any atom is 0.170 e. The van der Waals surface area contributed by atoms with Crippen LogP contribution in [0.3, 0.4) is 0 Å². The van der Waals surface area contributed by atoms with Crippen LogP contribution in [0.25, 0.3) is 0 Å². The van der Waals surface area contributed by atoms with E-state index < -0.39 is 0 Å². The van der Waals surface area contributed by atoms with Crippen molar-refractivity contribution in [2.24, 2.45) is 0 Å². The van der Waals surface area contributed by atoms with Crippen LogP contribution in [0.15, 0.2) is 28.7 Å². The Hall–Kier alpha value is -0.830. The number of rotatable bonds is 5. The maximum absolute atomic E-state index is 11.1. The fraction of sp³-hybridized carbons (Fsp3) is 0.364. The molecule has 1 aromatic carbocycles. The number of carbonyl (C=O) groups is 1. The predicted octanol–water partition coefficient (Wildman–Crippen LogP) is 3.20. The van der Waals surface area contributed by atoms with Crippen molar-refractivity contribution in [3.8, 4) is 5.75 Å². The van der Waals surface area contributed by atoms with E-state index in [0.717, 1.165) is 16.6 Å². The minimum atomic E-state index is 0.149. The van der Waals surface area contributed by atoms with Gasteiger partial charge in [0.25, 0.3) is 0 Å². The Labute approximate surface area is 92.4 Å². The van der Waals surface area contributed by atoms with Crippen molar-refractivity contribution in [1.82, 2.24) is 0 Å². The summed E-state index contributed by atoms with van der Waals surface area (Å²) in [6.07, 6.45) is 1.47. The van der Waals surface area contributed by atoms with Gasteiger partial charge >= 0.3 is 0 Å². The summed E-state index contributed by atoms with van der Waals surface area (Å²) in [7, 11) is 0. The Kier molecular flexibility index (Phi) is 4.66. The molecule has 0 spiro atoms. The van der Waals surface area contributed by atoms with Crippen LogP contribution in [0.2, 0.25) is 0 Å². The zero-order valence-corrected chi connectivity index (χ0v) is 9.71. The first kappa shape index (κ1) is 11.2. The molecule has 0 unspecified atom stereocenters. The zero-order valence-electron chi connectivity index (χ0n) is 8.13. The third kappa shape index (κ3) is 3.92. The molecule has 0 radical (unpaired) electrons. The number of benzene rings is 1. The largest absolute Gasteiger partial charge is 0.486 e. The van der Waals surface area contributed by atoms with Gasteiger partial charge in [-0.05, 0) is 30.7 Å². The average Bonchev–Trinajstić information content (AvgIpc) is 2.17. The summed E-state index contributed by atoms with van der Waals surface area (Å²) >= 11 is 3.33. The smallest absolute Gasteiger partial charge is 0.170 e. The van der Waals surface area contributed by atoms with E-state index in [1.807, 2.05) is 31.2 Å². The van der Waals surface area contributed by atoms with Crippen LogP contribution in [0.1, 0.15) is 19.8 Å². The summed E-state index contributed by atoms with van der Waals surface area (Å²) in [4.78, 5) is 11.1. The highest BCUT2D eigenvalue weighted by molar-refractivity contribution is 9.10. The molecule has 76 valence electrons. The lowest BCUT2D eigenvalue weighted by Gasteiger charge is -2.04. The van der Waals surface area contributed by atoms with Crippen molar-refractivity contribution in [2.45, 2.75) is 19.8 Å². The monoisotopic (exact) mass is 256 g/mol. The minimum Gasteiger partial charge on any atom is -0.486 e. The Morgan fingerprint density at radius 2 is 2.00 bits per heavy atom. The van der Waals surface area contributed by atoms with E-state index in [1.54, 1.807) is 0 Å². The van der Waals surface area contributed by atoms with Crippen LogP contribution < -0.4 is 4.74 Å². The van der Waals surface area contributed by atoms with E-state index >= 15 is 0 Å². The SMILES string of the molecule is CCCC(=O)COc1ccc(Br)cc1. The van der Waals surface area contributed by atoms with E-state index in [2.05, 4.69) is 15.9 Å². The van der Waals surface area contributed by atoms with Crippen LogP contribution in [-0.4, -0.2) is 12.4 Å². The van der Waals surface area contributed by atoms with E-state index in [-0.39, 0.29) is 12.4 Å². The normalized spacial score (nSPS) is 9.86. The third-order valence-corrected chi connectivity index (χ3v) is 2.27. The van der Waals surface area contributed by atoms with Crippen LogP contribution >= 0.6 is 15.9 Å². The van der Waals surface area contributed by atoms with Gasteiger partial charge in [0, 0.05) is 10.9 Å². The van der Waals surface area contributed by atoms with Crippen LogP contribution in [-0.2, 0) is 4.79 Å². The second kappa shape index (κ2) is 5.81. The predicted molar refractivity (Wildman–Crippen MR) is 59.6 cm³/mol. The number of ketones is 1. The number of halogens is 1. The summed E-state index contributed by atoms with van der Waals surface area (Å²) in [5.41, 5.74) is 0. The molecule has 2 nitrogen and oxygen atoms in total. The van der Waals surface area contributed by atoms with Crippen molar-refractivity contribution in [3.05, 3.63) is 28.7 Å². The minimum absolute atomic E-state index is 0.149. The summed E-state index contributed by atoms with van der Waals surface area (Å²) < 4.78 is 6.31. The second-order valence-corrected chi connectivity index (χ2v) is 3.95. The average molecular weight is 257 g/mol. The molecule has 0 amide bonds. The molecule has 0 N–H and O–H groups in total. The molecule has 0 saturated carbocycles. The van der Waals surface area contributed by atoms with Gasteiger partial charge in [-0.2, -0.15) is 0 Å². The van der Waals surface area contributed by atoms with Gasteiger partial charge in [0.15, 0.2) is 5.78 Å². The molecular formula is C11H13BrO2. The Morgan fingerprint density at radius 1 is 1.36 bits per heavy atom. The molecule has 0 heterocycles. The van der Waals surface area contributed by atoms with Gasteiger partial charge in [-0.1, -0.05) is 22.9 Å². The van der Waals surface area contributed by atoms with Gasteiger partial charge in [-0.25, -0.2) is 0 Å². The highest BCUT2D eigenvalue weighted by atomic mass is 79.9. The summed E-state index contributed by atoms with van der Waals surface area (Å²) in [6, 6.07) is 7.45. The Morgan fingerprint density at radius 3 is 2.57 bits per heavy atom. The van der Waals surface area contributed by atoms with Gasteiger partial charge in [-0.3, -0.25) is 4.79 Å².